The first-order valence-corrected chi connectivity index (χ1v) is 10.4. The van der Waals surface area contributed by atoms with Gasteiger partial charge in [-0.25, -0.2) is 9.97 Å². The summed E-state index contributed by atoms with van der Waals surface area (Å²) < 4.78 is 3.98. The summed E-state index contributed by atoms with van der Waals surface area (Å²) in [6.07, 6.45) is 8.51. The third-order valence-corrected chi connectivity index (χ3v) is 5.98. The van der Waals surface area contributed by atoms with Crippen LogP contribution in [-0.4, -0.2) is 24.3 Å². The summed E-state index contributed by atoms with van der Waals surface area (Å²) in [6, 6.07) is 8.41. The number of aromatic nitrogens is 5. The zero-order chi connectivity index (χ0) is 19.1. The molecule has 0 amide bonds. The highest BCUT2D eigenvalue weighted by molar-refractivity contribution is 7.14. The topological polar surface area (TPSA) is 60.6 Å². The number of anilines is 2. The van der Waals surface area contributed by atoms with Crippen molar-refractivity contribution in [3.8, 4) is 16.9 Å². The van der Waals surface area contributed by atoms with Gasteiger partial charge in [-0.05, 0) is 44.7 Å². The van der Waals surface area contributed by atoms with Gasteiger partial charge in [-0.3, -0.25) is 4.68 Å². The van der Waals surface area contributed by atoms with Crippen LogP contribution >= 0.6 is 11.3 Å². The minimum absolute atomic E-state index is 0.903. The van der Waals surface area contributed by atoms with Crippen molar-refractivity contribution in [3.63, 3.8) is 0 Å². The molecule has 3 aromatic heterocycles. The van der Waals surface area contributed by atoms with Gasteiger partial charge in [-0.15, -0.1) is 11.3 Å². The van der Waals surface area contributed by atoms with Gasteiger partial charge in [-0.2, -0.15) is 5.10 Å². The van der Waals surface area contributed by atoms with Crippen molar-refractivity contribution in [1.82, 2.24) is 24.3 Å². The van der Waals surface area contributed by atoms with Gasteiger partial charge in [0.25, 0.3) is 0 Å². The van der Waals surface area contributed by atoms with E-state index in [9.17, 15) is 0 Å². The van der Waals surface area contributed by atoms with Gasteiger partial charge in [-0.1, -0.05) is 12.1 Å². The molecule has 4 aromatic rings. The predicted octanol–water partition coefficient (Wildman–Crippen LogP) is 4.66. The summed E-state index contributed by atoms with van der Waals surface area (Å²) >= 11 is 1.63. The normalized spacial score (nSPS) is 13.5. The molecule has 0 atom stereocenters. The number of nitrogens with one attached hydrogen (secondary N) is 1. The molecule has 28 heavy (non-hydrogen) atoms. The SMILES string of the molecule is Cc1cn(-c2ccc(-c3csc(Nc4c5c(nn4C)CCCC5)n3)cc2)cn1. The van der Waals surface area contributed by atoms with E-state index >= 15 is 0 Å². The number of rotatable bonds is 4. The fourth-order valence-corrected chi connectivity index (χ4v) is 4.49. The molecule has 3 heterocycles. The van der Waals surface area contributed by atoms with E-state index in [-0.39, 0.29) is 0 Å². The molecular weight excluding hydrogens is 368 g/mol. The number of nitrogens with zero attached hydrogens (tertiary/aromatic N) is 5. The Hall–Kier alpha value is -2.93. The average molecular weight is 391 g/mol. The summed E-state index contributed by atoms with van der Waals surface area (Å²) in [5.41, 5.74) is 6.79. The van der Waals surface area contributed by atoms with Crippen LogP contribution in [0.1, 0.15) is 29.8 Å². The lowest BCUT2D eigenvalue weighted by atomic mass is 9.97. The third-order valence-electron chi connectivity index (χ3n) is 5.22. The highest BCUT2D eigenvalue weighted by Crippen LogP contribution is 2.32. The number of aryl methyl sites for hydroxylation is 3. The van der Waals surface area contributed by atoms with E-state index in [0.29, 0.717) is 0 Å². The van der Waals surface area contributed by atoms with Crippen LogP contribution in [0.4, 0.5) is 10.9 Å². The smallest absolute Gasteiger partial charge is 0.188 e. The van der Waals surface area contributed by atoms with Crippen LogP contribution in [0.25, 0.3) is 16.9 Å². The van der Waals surface area contributed by atoms with Crippen molar-refractivity contribution in [2.24, 2.45) is 7.05 Å². The second kappa shape index (κ2) is 6.91. The summed E-state index contributed by atoms with van der Waals surface area (Å²) in [7, 11) is 2.01. The molecule has 7 heteroatoms. The molecule has 0 saturated carbocycles. The summed E-state index contributed by atoms with van der Waals surface area (Å²) in [6.45, 7) is 1.99. The first-order valence-electron chi connectivity index (χ1n) is 9.56. The molecule has 0 spiro atoms. The fourth-order valence-electron chi connectivity index (χ4n) is 3.77. The number of fused-ring (bicyclic) bond motifs is 1. The maximum absolute atomic E-state index is 4.80. The molecule has 1 aliphatic carbocycles. The van der Waals surface area contributed by atoms with Crippen LogP contribution < -0.4 is 5.32 Å². The first-order chi connectivity index (χ1) is 13.7. The van der Waals surface area contributed by atoms with E-state index in [1.54, 1.807) is 11.3 Å². The number of imidazole rings is 1. The molecule has 1 aliphatic rings. The average Bonchev–Trinajstić information content (AvgIpc) is 3.42. The monoisotopic (exact) mass is 390 g/mol. The molecule has 0 aliphatic heterocycles. The maximum Gasteiger partial charge on any atom is 0.188 e. The second-order valence-electron chi connectivity index (χ2n) is 7.24. The van der Waals surface area contributed by atoms with Crippen LogP contribution in [0.5, 0.6) is 0 Å². The Bertz CT molecular complexity index is 1120. The van der Waals surface area contributed by atoms with E-state index < -0.39 is 0 Å². The Balaban J connectivity index is 1.37. The Labute approximate surface area is 167 Å². The lowest BCUT2D eigenvalue weighted by Gasteiger charge is -2.11. The Morgan fingerprint density at radius 2 is 1.93 bits per heavy atom. The zero-order valence-corrected chi connectivity index (χ0v) is 16.8. The van der Waals surface area contributed by atoms with Crippen LogP contribution in [0.2, 0.25) is 0 Å². The molecule has 0 radical (unpaired) electrons. The number of benzene rings is 1. The molecule has 1 N–H and O–H groups in total. The quantitative estimate of drug-likeness (QED) is 0.550. The second-order valence-corrected chi connectivity index (χ2v) is 8.09. The highest BCUT2D eigenvalue weighted by atomic mass is 32.1. The Morgan fingerprint density at radius 3 is 2.71 bits per heavy atom. The summed E-state index contributed by atoms with van der Waals surface area (Å²) in [5, 5.41) is 11.2. The van der Waals surface area contributed by atoms with E-state index in [1.165, 1.54) is 24.1 Å². The third kappa shape index (κ3) is 3.11. The van der Waals surface area contributed by atoms with Gasteiger partial charge in [0.2, 0.25) is 0 Å². The van der Waals surface area contributed by atoms with Crippen molar-refractivity contribution < 1.29 is 0 Å². The largest absolute Gasteiger partial charge is 0.316 e. The fraction of sp³-hybridized carbons (Fsp3) is 0.286. The van der Waals surface area contributed by atoms with Crippen LogP contribution in [0.15, 0.2) is 42.2 Å². The molecule has 0 unspecified atom stereocenters. The number of hydrogen-bond acceptors (Lipinski definition) is 5. The van der Waals surface area contributed by atoms with Crippen molar-refractivity contribution in [2.45, 2.75) is 32.6 Å². The van der Waals surface area contributed by atoms with Crippen molar-refractivity contribution in [2.75, 3.05) is 5.32 Å². The van der Waals surface area contributed by atoms with Crippen LogP contribution in [-0.2, 0) is 19.9 Å². The standard InChI is InChI=1S/C21H22N6S/c1-14-11-27(13-22-14)16-9-7-15(8-10-16)19-12-28-21(23-19)24-20-17-5-3-4-6-18(17)25-26(20)2/h7-13H,3-6H2,1-2H3,(H,23,24). The molecular formula is C21H22N6S. The van der Waals surface area contributed by atoms with Crippen LogP contribution in [0.3, 0.4) is 0 Å². The Kier molecular flexibility index (Phi) is 4.24. The van der Waals surface area contributed by atoms with Gasteiger partial charge in [0, 0.05) is 35.4 Å². The zero-order valence-electron chi connectivity index (χ0n) is 16.0. The molecule has 0 fully saturated rings. The first kappa shape index (κ1) is 17.2. The van der Waals surface area contributed by atoms with E-state index in [4.69, 9.17) is 4.98 Å². The lowest BCUT2D eigenvalue weighted by molar-refractivity contribution is 0.664. The van der Waals surface area contributed by atoms with Gasteiger partial charge in [0.05, 0.1) is 23.4 Å². The van der Waals surface area contributed by atoms with Gasteiger partial charge < -0.3 is 9.88 Å². The predicted molar refractivity (Wildman–Crippen MR) is 113 cm³/mol. The molecule has 6 nitrogen and oxygen atoms in total. The summed E-state index contributed by atoms with van der Waals surface area (Å²) in [5.74, 6) is 1.08. The van der Waals surface area contributed by atoms with Crippen molar-refractivity contribution in [1.29, 1.82) is 0 Å². The minimum atomic E-state index is 0.903. The van der Waals surface area contributed by atoms with Gasteiger partial charge in [0.15, 0.2) is 5.13 Å². The number of thiazole rings is 1. The molecule has 142 valence electrons. The van der Waals surface area contributed by atoms with Crippen molar-refractivity contribution >= 4 is 22.3 Å². The van der Waals surface area contributed by atoms with Crippen molar-refractivity contribution in [3.05, 3.63) is 59.1 Å². The molecule has 0 bridgehead atoms. The van der Waals surface area contributed by atoms with E-state index in [0.717, 1.165) is 46.4 Å². The molecule has 5 rings (SSSR count). The van der Waals surface area contributed by atoms with Gasteiger partial charge >= 0.3 is 0 Å². The van der Waals surface area contributed by atoms with E-state index in [2.05, 4.69) is 45.0 Å². The maximum atomic E-state index is 4.80. The van der Waals surface area contributed by atoms with Gasteiger partial charge in [0.1, 0.15) is 5.82 Å². The minimum Gasteiger partial charge on any atom is -0.316 e. The molecule has 1 aromatic carbocycles. The highest BCUT2D eigenvalue weighted by Gasteiger charge is 2.20. The van der Waals surface area contributed by atoms with E-state index in [1.807, 2.05) is 35.7 Å². The lowest BCUT2D eigenvalue weighted by Crippen LogP contribution is -2.03. The van der Waals surface area contributed by atoms with Crippen LogP contribution in [0, 0.1) is 6.92 Å². The number of hydrogen-bond donors (Lipinski definition) is 1. The molecule has 0 saturated heterocycles. The summed E-state index contributed by atoms with van der Waals surface area (Å²) in [4.78, 5) is 9.09. The Morgan fingerprint density at radius 1 is 1.11 bits per heavy atom.